The highest BCUT2D eigenvalue weighted by atomic mass is 16.5. The van der Waals surface area contributed by atoms with Gasteiger partial charge in [-0.1, -0.05) is 46.8 Å². The van der Waals surface area contributed by atoms with Crippen LogP contribution in [0, 0.1) is 28.6 Å². The van der Waals surface area contributed by atoms with Crippen LogP contribution in [0.4, 0.5) is 5.69 Å². The molecule has 1 aliphatic carbocycles. The molecule has 0 aromatic heterocycles. The van der Waals surface area contributed by atoms with Crippen LogP contribution < -0.4 is 26.4 Å². The van der Waals surface area contributed by atoms with Gasteiger partial charge in [-0.05, 0) is 41.2 Å². The highest BCUT2D eigenvalue weighted by molar-refractivity contribution is 5.99. The molecule has 3 fully saturated rings. The van der Waals surface area contributed by atoms with Crippen LogP contribution in [0.2, 0.25) is 0 Å². The number of anilines is 1. The maximum atomic E-state index is 14.1. The van der Waals surface area contributed by atoms with Gasteiger partial charge in [0.15, 0.2) is 6.10 Å². The Balaban J connectivity index is 1.33. The van der Waals surface area contributed by atoms with E-state index in [0.717, 1.165) is 0 Å². The molecule has 42 heavy (non-hydrogen) atoms. The summed E-state index contributed by atoms with van der Waals surface area (Å²) < 4.78 is 11.2. The first kappa shape index (κ1) is 29.8. The van der Waals surface area contributed by atoms with Crippen molar-refractivity contribution in [3.05, 3.63) is 24.3 Å². The van der Waals surface area contributed by atoms with E-state index in [1.54, 1.807) is 24.3 Å². The van der Waals surface area contributed by atoms with Gasteiger partial charge in [0, 0.05) is 19.6 Å². The van der Waals surface area contributed by atoms with Crippen molar-refractivity contribution in [2.45, 2.75) is 71.7 Å². The molecular weight excluding hydrogens is 542 g/mol. The number of likely N-dealkylation sites (tertiary alicyclic amines) is 1. The summed E-state index contributed by atoms with van der Waals surface area (Å²) in [5.41, 5.74) is 5.38. The zero-order chi connectivity index (χ0) is 30.6. The number of nitrogens with two attached hydrogens (primary N) is 1. The first-order chi connectivity index (χ1) is 19.7. The summed E-state index contributed by atoms with van der Waals surface area (Å²) >= 11 is 0. The Labute approximate surface area is 245 Å². The average molecular weight is 584 g/mol. The minimum atomic E-state index is -1.21. The summed E-state index contributed by atoms with van der Waals surface area (Å²) in [5.74, 6) is -2.30. The number of benzene rings is 1. The Kier molecular flexibility index (Phi) is 7.71. The molecule has 5 N–H and O–H groups in total. The third kappa shape index (κ3) is 5.56. The molecule has 5 amide bonds. The van der Waals surface area contributed by atoms with Crippen LogP contribution in [0.3, 0.4) is 0 Å². The van der Waals surface area contributed by atoms with E-state index in [1.807, 2.05) is 20.8 Å². The summed E-state index contributed by atoms with van der Waals surface area (Å²) in [5, 5.41) is 8.40. The van der Waals surface area contributed by atoms with Crippen molar-refractivity contribution in [1.29, 1.82) is 0 Å². The van der Waals surface area contributed by atoms with E-state index in [9.17, 15) is 24.0 Å². The standard InChI is InChI=1S/C30H41N5O7/c1-29(2,3)23(34-25(37)15-10-11-41-14-15)28(40)35-13-16-21(30(16,4)5)22(35)27(39)33-18(24(31)36)12-20-26(38)32-17-8-6-7-9-19(17)42-20/h6-9,15-16,18,20-23H,10-14H2,1-5H3,(H2,31,36)(H,32,38)(H,33,39)(H,34,37)/t15?,16-,18-,20-,21-,22-,23+/m0/s1. The zero-order valence-corrected chi connectivity index (χ0v) is 24.8. The maximum Gasteiger partial charge on any atom is 0.265 e. The molecule has 3 aliphatic heterocycles. The molecule has 1 unspecified atom stereocenters. The lowest BCUT2D eigenvalue weighted by atomic mass is 9.84. The van der Waals surface area contributed by atoms with Gasteiger partial charge in [-0.3, -0.25) is 24.0 Å². The second-order valence-corrected chi connectivity index (χ2v) is 13.5. The molecule has 228 valence electrons. The number of carbonyl (C=O) groups excluding carboxylic acids is 5. The number of hydrogen-bond donors (Lipinski definition) is 4. The van der Waals surface area contributed by atoms with E-state index in [1.165, 1.54) is 4.90 Å². The topological polar surface area (TPSA) is 169 Å². The Bertz CT molecular complexity index is 1280. The van der Waals surface area contributed by atoms with Crippen LogP contribution in [0.1, 0.15) is 47.5 Å². The zero-order valence-electron chi connectivity index (χ0n) is 24.8. The summed E-state index contributed by atoms with van der Waals surface area (Å²) in [6.45, 7) is 10.9. The molecular formula is C30H41N5O7. The van der Waals surface area contributed by atoms with Crippen LogP contribution in [0.25, 0.3) is 0 Å². The lowest BCUT2D eigenvalue weighted by Gasteiger charge is -2.38. The largest absolute Gasteiger partial charge is 0.478 e. The monoisotopic (exact) mass is 583 g/mol. The van der Waals surface area contributed by atoms with E-state index in [-0.39, 0.29) is 41.4 Å². The molecule has 12 nitrogen and oxygen atoms in total. The summed E-state index contributed by atoms with van der Waals surface area (Å²) in [6.07, 6.45) is -0.639. The molecule has 0 bridgehead atoms. The number of hydrogen-bond acceptors (Lipinski definition) is 7. The molecule has 7 atom stereocenters. The Morgan fingerprint density at radius 2 is 1.86 bits per heavy atom. The number of nitrogens with zero attached hydrogens (tertiary/aromatic N) is 1. The molecule has 1 saturated carbocycles. The molecule has 1 aromatic rings. The number of para-hydroxylation sites is 2. The lowest BCUT2D eigenvalue weighted by Crippen LogP contribution is -2.61. The van der Waals surface area contributed by atoms with Crippen LogP contribution in [0.15, 0.2) is 24.3 Å². The SMILES string of the molecule is CC(C)(C)[C@H](NC(=O)C1CCOC1)C(=O)N1C[C@H]2[C@@H]([C@H]1C(=O)N[C@@H](C[C@@H]1Oc3ccccc3NC1=O)C(N)=O)C2(C)C. The van der Waals surface area contributed by atoms with Gasteiger partial charge >= 0.3 is 0 Å². The van der Waals surface area contributed by atoms with Crippen LogP contribution in [0.5, 0.6) is 5.75 Å². The van der Waals surface area contributed by atoms with Crippen molar-refractivity contribution < 1.29 is 33.4 Å². The van der Waals surface area contributed by atoms with Gasteiger partial charge in [-0.2, -0.15) is 0 Å². The summed E-state index contributed by atoms with van der Waals surface area (Å²) in [6, 6.07) is 3.97. The van der Waals surface area contributed by atoms with Gasteiger partial charge in [0.25, 0.3) is 5.91 Å². The number of ether oxygens (including phenoxy) is 2. The predicted octanol–water partition coefficient (Wildman–Crippen LogP) is 0.797. The fourth-order valence-corrected chi connectivity index (χ4v) is 6.59. The third-order valence-electron chi connectivity index (χ3n) is 9.28. The van der Waals surface area contributed by atoms with Crippen molar-refractivity contribution in [2.75, 3.05) is 25.1 Å². The molecule has 3 heterocycles. The molecule has 12 heteroatoms. The van der Waals surface area contributed by atoms with Crippen molar-refractivity contribution in [3.8, 4) is 5.75 Å². The fourth-order valence-electron chi connectivity index (χ4n) is 6.59. The fraction of sp³-hybridized carbons (Fsp3) is 0.633. The van der Waals surface area contributed by atoms with E-state index >= 15 is 0 Å². The maximum absolute atomic E-state index is 14.1. The second-order valence-electron chi connectivity index (χ2n) is 13.5. The van der Waals surface area contributed by atoms with Gasteiger partial charge in [0.1, 0.15) is 23.9 Å². The lowest BCUT2D eigenvalue weighted by molar-refractivity contribution is -0.146. The van der Waals surface area contributed by atoms with E-state index in [0.29, 0.717) is 37.6 Å². The number of rotatable bonds is 8. The molecule has 1 aromatic carbocycles. The average Bonchev–Trinajstić information content (AvgIpc) is 3.37. The molecule has 5 rings (SSSR count). The summed E-state index contributed by atoms with van der Waals surface area (Å²) in [7, 11) is 0. The van der Waals surface area contributed by atoms with Crippen LogP contribution in [-0.4, -0.2) is 78.4 Å². The number of piperidine rings is 1. The highest BCUT2D eigenvalue weighted by Gasteiger charge is 2.70. The van der Waals surface area contributed by atoms with Gasteiger partial charge in [0.2, 0.25) is 23.6 Å². The van der Waals surface area contributed by atoms with E-state index in [4.69, 9.17) is 15.2 Å². The Morgan fingerprint density at radius 3 is 2.50 bits per heavy atom. The summed E-state index contributed by atoms with van der Waals surface area (Å²) in [4.78, 5) is 67.6. The van der Waals surface area contributed by atoms with Gasteiger partial charge < -0.3 is 36.1 Å². The van der Waals surface area contributed by atoms with Gasteiger partial charge in [0.05, 0.1) is 18.2 Å². The van der Waals surface area contributed by atoms with Crippen molar-refractivity contribution in [1.82, 2.24) is 15.5 Å². The number of nitrogens with one attached hydrogen (secondary N) is 3. The molecule has 2 saturated heterocycles. The minimum absolute atomic E-state index is 0.0905. The van der Waals surface area contributed by atoms with Crippen molar-refractivity contribution in [2.24, 2.45) is 34.3 Å². The molecule has 0 spiro atoms. The predicted molar refractivity (Wildman–Crippen MR) is 152 cm³/mol. The number of carbonyl (C=O) groups is 5. The number of primary amides is 1. The van der Waals surface area contributed by atoms with Crippen molar-refractivity contribution in [3.63, 3.8) is 0 Å². The number of amides is 5. The molecule has 4 aliphatic rings. The smallest absolute Gasteiger partial charge is 0.265 e. The van der Waals surface area contributed by atoms with Gasteiger partial charge in [-0.25, -0.2) is 0 Å². The van der Waals surface area contributed by atoms with Gasteiger partial charge in [-0.15, -0.1) is 0 Å². The first-order valence-corrected chi connectivity index (χ1v) is 14.5. The Hall–Kier alpha value is -3.67. The second kappa shape index (κ2) is 10.9. The van der Waals surface area contributed by atoms with Crippen LogP contribution in [-0.2, 0) is 28.7 Å². The highest BCUT2D eigenvalue weighted by Crippen LogP contribution is 2.65. The Morgan fingerprint density at radius 1 is 1.14 bits per heavy atom. The quantitative estimate of drug-likeness (QED) is 0.351. The van der Waals surface area contributed by atoms with Crippen molar-refractivity contribution >= 4 is 35.2 Å². The third-order valence-corrected chi connectivity index (χ3v) is 9.28. The first-order valence-electron chi connectivity index (χ1n) is 14.5. The normalized spacial score (nSPS) is 28.8. The van der Waals surface area contributed by atoms with Crippen LogP contribution >= 0.6 is 0 Å². The van der Waals surface area contributed by atoms with E-state index < -0.39 is 47.4 Å². The van der Waals surface area contributed by atoms with E-state index in [2.05, 4.69) is 29.8 Å². The molecule has 0 radical (unpaired) electrons. The minimum Gasteiger partial charge on any atom is -0.478 e. The number of fused-ring (bicyclic) bond motifs is 2.